The average Bonchev–Trinajstić information content (AvgIpc) is 2.50. The van der Waals surface area contributed by atoms with Gasteiger partial charge in [0.05, 0.1) is 0 Å². The Kier molecular flexibility index (Phi) is 3.22. The van der Waals surface area contributed by atoms with E-state index in [1.807, 2.05) is 12.1 Å². The normalized spacial score (nSPS) is 9.38. The molecule has 0 aliphatic rings. The highest BCUT2D eigenvalue weighted by Gasteiger charge is 1.98. The number of hydrogen-bond acceptors (Lipinski definition) is 4. The van der Waals surface area contributed by atoms with Gasteiger partial charge in [-0.15, -0.1) is 5.10 Å². The number of hydrogen-bond donors (Lipinski definition) is 2. The van der Waals surface area contributed by atoms with Crippen LogP contribution < -0.4 is 0 Å². The minimum absolute atomic E-state index is 0.250. The smallest absolute Gasteiger partial charge is 0.130 e. The van der Waals surface area contributed by atoms with Gasteiger partial charge in [-0.2, -0.15) is 0 Å². The molecule has 0 aliphatic carbocycles. The van der Waals surface area contributed by atoms with E-state index in [9.17, 15) is 0 Å². The number of benzene rings is 1. The first-order chi connectivity index (χ1) is 6.29. The molecular formula is C8H11N3O2. The fourth-order valence-corrected chi connectivity index (χ4v) is 0.857. The SMILES string of the molecule is CCO.On1nnc2ccccc21. The fourth-order valence-electron chi connectivity index (χ4n) is 0.857. The molecule has 13 heavy (non-hydrogen) atoms. The van der Waals surface area contributed by atoms with Crippen LogP contribution in [0, 0.1) is 0 Å². The first-order valence-electron chi connectivity index (χ1n) is 3.90. The van der Waals surface area contributed by atoms with E-state index in [1.165, 1.54) is 0 Å². The van der Waals surface area contributed by atoms with Gasteiger partial charge < -0.3 is 10.3 Å². The van der Waals surface area contributed by atoms with Gasteiger partial charge in [0.1, 0.15) is 11.0 Å². The molecule has 0 atom stereocenters. The van der Waals surface area contributed by atoms with Crippen molar-refractivity contribution in [1.29, 1.82) is 0 Å². The molecule has 0 aliphatic heterocycles. The lowest BCUT2D eigenvalue weighted by atomic mass is 10.3. The Morgan fingerprint density at radius 3 is 2.62 bits per heavy atom. The summed E-state index contributed by atoms with van der Waals surface area (Å²) in [5.74, 6) is 0. The number of nitrogens with zero attached hydrogens (tertiary/aromatic N) is 3. The van der Waals surface area contributed by atoms with E-state index >= 15 is 0 Å². The van der Waals surface area contributed by atoms with Crippen molar-refractivity contribution in [3.05, 3.63) is 24.3 Å². The predicted molar refractivity (Wildman–Crippen MR) is 47.5 cm³/mol. The van der Waals surface area contributed by atoms with Crippen LogP contribution in [0.3, 0.4) is 0 Å². The van der Waals surface area contributed by atoms with Crippen LogP contribution >= 0.6 is 0 Å². The van der Waals surface area contributed by atoms with E-state index in [-0.39, 0.29) is 6.61 Å². The first kappa shape index (κ1) is 9.47. The van der Waals surface area contributed by atoms with Crippen molar-refractivity contribution in [2.75, 3.05) is 6.61 Å². The summed E-state index contributed by atoms with van der Waals surface area (Å²) >= 11 is 0. The molecule has 2 rings (SSSR count). The molecule has 1 heterocycles. The zero-order chi connectivity index (χ0) is 9.68. The second-order valence-electron chi connectivity index (χ2n) is 2.28. The Labute approximate surface area is 75.2 Å². The second-order valence-corrected chi connectivity index (χ2v) is 2.28. The highest BCUT2D eigenvalue weighted by atomic mass is 16.5. The first-order valence-corrected chi connectivity index (χ1v) is 3.90. The molecule has 0 fully saturated rings. The average molecular weight is 181 g/mol. The van der Waals surface area contributed by atoms with Gasteiger partial charge in [0, 0.05) is 6.61 Å². The number of para-hydroxylation sites is 1. The van der Waals surface area contributed by atoms with Crippen molar-refractivity contribution in [2.45, 2.75) is 6.92 Å². The molecule has 2 N–H and O–H groups in total. The zero-order valence-corrected chi connectivity index (χ0v) is 7.25. The van der Waals surface area contributed by atoms with Gasteiger partial charge in [0.25, 0.3) is 0 Å². The van der Waals surface area contributed by atoms with Gasteiger partial charge in [-0.25, -0.2) is 0 Å². The molecule has 1 aromatic carbocycles. The lowest BCUT2D eigenvalue weighted by Crippen LogP contribution is -1.90. The number of rotatable bonds is 0. The van der Waals surface area contributed by atoms with Crippen molar-refractivity contribution in [3.63, 3.8) is 0 Å². The molecule has 0 saturated heterocycles. The molecule has 2 aromatic rings. The standard InChI is InChI=1S/C6H5N3O.C2H6O/c10-9-6-4-2-1-3-5(6)7-8-9;1-2-3/h1-4,10H;3H,2H2,1H3. The van der Waals surface area contributed by atoms with Crippen molar-refractivity contribution in [2.24, 2.45) is 0 Å². The largest absolute Gasteiger partial charge is 0.410 e. The molecule has 0 amide bonds. The van der Waals surface area contributed by atoms with Crippen molar-refractivity contribution in [3.8, 4) is 0 Å². The third kappa shape index (κ3) is 2.16. The fraction of sp³-hybridized carbons (Fsp3) is 0.250. The van der Waals surface area contributed by atoms with Crippen molar-refractivity contribution >= 4 is 11.0 Å². The Balaban J connectivity index is 0.000000251. The van der Waals surface area contributed by atoms with E-state index in [0.29, 0.717) is 11.0 Å². The number of fused-ring (bicyclic) bond motifs is 1. The third-order valence-electron chi connectivity index (χ3n) is 1.33. The maximum Gasteiger partial charge on any atom is 0.130 e. The zero-order valence-electron chi connectivity index (χ0n) is 7.25. The maximum atomic E-state index is 8.95. The number of aliphatic hydroxyl groups is 1. The van der Waals surface area contributed by atoms with Crippen LogP contribution in [0.15, 0.2) is 24.3 Å². The van der Waals surface area contributed by atoms with Gasteiger partial charge >= 0.3 is 0 Å². The van der Waals surface area contributed by atoms with Crippen molar-refractivity contribution in [1.82, 2.24) is 15.2 Å². The monoisotopic (exact) mass is 181 g/mol. The van der Waals surface area contributed by atoms with Crippen LogP contribution in [-0.2, 0) is 0 Å². The minimum Gasteiger partial charge on any atom is -0.410 e. The van der Waals surface area contributed by atoms with Gasteiger partial charge in [-0.05, 0) is 24.3 Å². The molecule has 0 radical (unpaired) electrons. The van der Waals surface area contributed by atoms with Crippen LogP contribution in [0.5, 0.6) is 0 Å². The van der Waals surface area contributed by atoms with Crippen LogP contribution in [0.1, 0.15) is 6.92 Å². The van der Waals surface area contributed by atoms with E-state index < -0.39 is 0 Å². The summed E-state index contributed by atoms with van der Waals surface area (Å²) in [7, 11) is 0. The summed E-state index contributed by atoms with van der Waals surface area (Å²) in [6.07, 6.45) is 0. The Bertz CT molecular complexity index is 372. The Morgan fingerprint density at radius 2 is 2.00 bits per heavy atom. The predicted octanol–water partition coefficient (Wildman–Crippen LogP) is 0.667. The van der Waals surface area contributed by atoms with E-state index in [2.05, 4.69) is 10.3 Å². The van der Waals surface area contributed by atoms with Gasteiger partial charge in [-0.1, -0.05) is 17.0 Å². The third-order valence-corrected chi connectivity index (χ3v) is 1.33. The lowest BCUT2D eigenvalue weighted by Gasteiger charge is -1.85. The molecule has 0 unspecified atom stereocenters. The molecule has 5 nitrogen and oxygen atoms in total. The quantitative estimate of drug-likeness (QED) is 0.586. The van der Waals surface area contributed by atoms with Gasteiger partial charge in [-0.3, -0.25) is 0 Å². The molecule has 70 valence electrons. The Hall–Kier alpha value is -1.62. The van der Waals surface area contributed by atoms with E-state index in [1.54, 1.807) is 19.1 Å². The highest BCUT2D eigenvalue weighted by molar-refractivity contribution is 5.73. The molecule has 5 heteroatoms. The summed E-state index contributed by atoms with van der Waals surface area (Å²) in [6.45, 7) is 1.93. The minimum atomic E-state index is 0.250. The summed E-state index contributed by atoms with van der Waals surface area (Å²) < 4.78 is 0. The molecule has 0 saturated carbocycles. The summed E-state index contributed by atoms with van der Waals surface area (Å²) in [5, 5.41) is 23.6. The summed E-state index contributed by atoms with van der Waals surface area (Å²) in [6, 6.07) is 7.19. The van der Waals surface area contributed by atoms with Crippen LogP contribution in [0.2, 0.25) is 0 Å². The number of aliphatic hydroxyl groups excluding tert-OH is 1. The summed E-state index contributed by atoms with van der Waals surface area (Å²) in [4.78, 5) is 0.759. The molecule has 1 aromatic heterocycles. The second kappa shape index (κ2) is 4.42. The lowest BCUT2D eigenvalue weighted by molar-refractivity contribution is 0.155. The van der Waals surface area contributed by atoms with Crippen LogP contribution in [-0.4, -0.2) is 32.1 Å². The van der Waals surface area contributed by atoms with Crippen LogP contribution in [0.25, 0.3) is 11.0 Å². The van der Waals surface area contributed by atoms with Crippen LogP contribution in [0.4, 0.5) is 0 Å². The number of aromatic nitrogens is 3. The maximum absolute atomic E-state index is 8.95. The molecule has 0 spiro atoms. The molecule has 0 bridgehead atoms. The summed E-state index contributed by atoms with van der Waals surface area (Å²) in [5.41, 5.74) is 1.33. The van der Waals surface area contributed by atoms with E-state index in [4.69, 9.17) is 10.3 Å². The van der Waals surface area contributed by atoms with E-state index in [0.717, 1.165) is 4.85 Å². The Morgan fingerprint density at radius 1 is 1.38 bits per heavy atom. The van der Waals surface area contributed by atoms with Gasteiger partial charge in [0.15, 0.2) is 0 Å². The topological polar surface area (TPSA) is 71.2 Å². The highest BCUT2D eigenvalue weighted by Crippen LogP contribution is 2.06. The van der Waals surface area contributed by atoms with Gasteiger partial charge in [0.2, 0.25) is 0 Å². The molecular weight excluding hydrogens is 170 g/mol. The van der Waals surface area contributed by atoms with Crippen molar-refractivity contribution < 1.29 is 10.3 Å².